The topological polar surface area (TPSA) is 36.9 Å². The Morgan fingerprint density at radius 1 is 0.320 bits per heavy atom. The molecule has 2 aromatic carbocycles. The van der Waals surface area contributed by atoms with Crippen molar-refractivity contribution in [2.45, 2.75) is 194 Å². The van der Waals surface area contributed by atoms with Gasteiger partial charge in [0.25, 0.3) is 0 Å². The Hall–Kier alpha value is -2.36. The molecule has 0 fully saturated rings. The minimum atomic E-state index is 0.794. The van der Waals surface area contributed by atoms with E-state index in [0.29, 0.717) is 0 Å². The van der Waals surface area contributed by atoms with Gasteiger partial charge in [0.05, 0.1) is 28.4 Å². The summed E-state index contributed by atoms with van der Waals surface area (Å²) in [6.07, 6.45) is 37.4. The fourth-order valence-electron chi connectivity index (χ4n) is 7.46. The average molecular weight is 695 g/mol. The third kappa shape index (κ3) is 17.7. The lowest BCUT2D eigenvalue weighted by Crippen LogP contribution is -2.00. The molecule has 286 valence electrons. The van der Waals surface area contributed by atoms with Crippen molar-refractivity contribution in [1.82, 2.24) is 0 Å². The Labute approximate surface area is 309 Å². The van der Waals surface area contributed by atoms with E-state index in [9.17, 15) is 0 Å². The number of unbranched alkanes of at least 4 members (excludes halogenated alkanes) is 24. The number of hydrogen-bond acceptors (Lipinski definition) is 4. The van der Waals surface area contributed by atoms with Crippen LogP contribution in [0.2, 0.25) is 0 Å². The van der Waals surface area contributed by atoms with Gasteiger partial charge in [0.15, 0.2) is 23.0 Å². The molecule has 0 aliphatic heterocycles. The fraction of sp³-hybridized carbons (Fsp3) is 0.739. The van der Waals surface area contributed by atoms with Gasteiger partial charge < -0.3 is 18.9 Å². The molecule has 2 aromatic rings. The first kappa shape index (κ1) is 43.8. The number of benzene rings is 2. The summed E-state index contributed by atoms with van der Waals surface area (Å²) in [5.74, 6) is 3.32. The summed E-state index contributed by atoms with van der Waals surface area (Å²) in [4.78, 5) is 0. The van der Waals surface area contributed by atoms with E-state index in [2.05, 4.69) is 38.1 Å². The molecule has 0 aliphatic rings. The molecule has 2 rings (SSSR count). The monoisotopic (exact) mass is 695 g/mol. The lowest BCUT2D eigenvalue weighted by atomic mass is 9.95. The van der Waals surface area contributed by atoms with Crippen molar-refractivity contribution in [3.8, 4) is 34.1 Å². The van der Waals surface area contributed by atoms with Crippen LogP contribution in [-0.4, -0.2) is 28.4 Å². The van der Waals surface area contributed by atoms with Crippen LogP contribution in [0.4, 0.5) is 0 Å². The third-order valence-electron chi connectivity index (χ3n) is 10.5. The number of methoxy groups -OCH3 is 4. The van der Waals surface area contributed by atoms with E-state index in [-0.39, 0.29) is 0 Å². The Morgan fingerprint density at radius 2 is 0.580 bits per heavy atom. The normalized spacial score (nSPS) is 11.2. The van der Waals surface area contributed by atoms with Crippen LogP contribution in [0.15, 0.2) is 24.3 Å². The van der Waals surface area contributed by atoms with Crippen LogP contribution in [0, 0.1) is 0 Å². The van der Waals surface area contributed by atoms with Crippen molar-refractivity contribution in [3.05, 3.63) is 35.4 Å². The highest BCUT2D eigenvalue weighted by Gasteiger charge is 2.17. The van der Waals surface area contributed by atoms with Crippen molar-refractivity contribution in [2.75, 3.05) is 28.4 Å². The molecule has 0 atom stereocenters. The van der Waals surface area contributed by atoms with Crippen LogP contribution in [0.3, 0.4) is 0 Å². The maximum atomic E-state index is 5.89. The van der Waals surface area contributed by atoms with Crippen molar-refractivity contribution in [1.29, 1.82) is 0 Å². The second-order valence-corrected chi connectivity index (χ2v) is 14.7. The van der Waals surface area contributed by atoms with Crippen molar-refractivity contribution in [3.63, 3.8) is 0 Å². The summed E-state index contributed by atoms with van der Waals surface area (Å²) in [6.45, 7) is 4.58. The Morgan fingerprint density at radius 3 is 0.820 bits per heavy atom. The molecule has 0 saturated carbocycles. The second kappa shape index (κ2) is 29.2. The molecular formula is C46H78O4. The van der Waals surface area contributed by atoms with Gasteiger partial charge in [0, 0.05) is 0 Å². The highest BCUT2D eigenvalue weighted by atomic mass is 16.5. The molecule has 0 bridgehead atoms. The quantitative estimate of drug-likeness (QED) is 0.0697. The first-order chi connectivity index (χ1) is 24.6. The predicted molar refractivity (Wildman–Crippen MR) is 217 cm³/mol. The highest BCUT2D eigenvalue weighted by Crippen LogP contribution is 2.41. The van der Waals surface area contributed by atoms with E-state index in [1.165, 1.54) is 165 Å². The van der Waals surface area contributed by atoms with Gasteiger partial charge in [-0.15, -0.1) is 0 Å². The van der Waals surface area contributed by atoms with E-state index in [0.717, 1.165) is 59.8 Å². The third-order valence-corrected chi connectivity index (χ3v) is 10.5. The van der Waals surface area contributed by atoms with E-state index in [1.807, 2.05) is 0 Å². The Balaban J connectivity index is 1.90. The first-order valence-electron chi connectivity index (χ1n) is 21.1. The number of hydrogen-bond donors (Lipinski definition) is 0. The van der Waals surface area contributed by atoms with Gasteiger partial charge in [-0.2, -0.15) is 0 Å². The summed E-state index contributed by atoms with van der Waals surface area (Å²) in [7, 11) is 7.00. The highest BCUT2D eigenvalue weighted by molar-refractivity contribution is 5.73. The molecule has 0 aromatic heterocycles. The van der Waals surface area contributed by atoms with Gasteiger partial charge in [-0.3, -0.25) is 0 Å². The van der Waals surface area contributed by atoms with Crippen LogP contribution in [0.5, 0.6) is 23.0 Å². The molecule has 50 heavy (non-hydrogen) atoms. The SMILES string of the molecule is CCCCCCCCCCCCCCCc1cc(-c2cc(CCCCCCCCCCCCCCC)c(OC)c(OC)c2)cc(OC)c1OC. The van der Waals surface area contributed by atoms with Crippen molar-refractivity contribution in [2.24, 2.45) is 0 Å². The van der Waals surface area contributed by atoms with Gasteiger partial charge in [-0.25, -0.2) is 0 Å². The maximum Gasteiger partial charge on any atom is 0.163 e. The summed E-state index contributed by atoms with van der Waals surface area (Å²) < 4.78 is 23.5. The Kier molecular flexibility index (Phi) is 25.6. The maximum absolute atomic E-state index is 5.89. The molecule has 0 aliphatic carbocycles. The number of aryl methyl sites for hydroxylation is 2. The van der Waals surface area contributed by atoms with E-state index in [1.54, 1.807) is 28.4 Å². The predicted octanol–water partition coefficient (Wildman–Crippen LogP) is 14.7. The minimum Gasteiger partial charge on any atom is -0.493 e. The molecule has 4 heteroatoms. The first-order valence-corrected chi connectivity index (χ1v) is 21.1. The van der Waals surface area contributed by atoms with Crippen LogP contribution in [0.25, 0.3) is 11.1 Å². The van der Waals surface area contributed by atoms with Gasteiger partial charge in [-0.05, 0) is 72.2 Å². The second-order valence-electron chi connectivity index (χ2n) is 14.7. The molecule has 0 radical (unpaired) electrons. The molecular weight excluding hydrogens is 617 g/mol. The van der Waals surface area contributed by atoms with Crippen LogP contribution in [-0.2, 0) is 12.8 Å². The number of ether oxygens (including phenoxy) is 4. The summed E-state index contributed by atoms with van der Waals surface area (Å²) in [5, 5.41) is 0. The smallest absolute Gasteiger partial charge is 0.163 e. The van der Waals surface area contributed by atoms with Crippen LogP contribution >= 0.6 is 0 Å². The number of rotatable bonds is 33. The zero-order valence-electron chi connectivity index (χ0n) is 33.7. The molecule has 0 amide bonds. The summed E-state index contributed by atoms with van der Waals surface area (Å²) in [6, 6.07) is 8.83. The fourth-order valence-corrected chi connectivity index (χ4v) is 7.46. The average Bonchev–Trinajstić information content (AvgIpc) is 3.14. The lowest BCUT2D eigenvalue weighted by Gasteiger charge is -2.18. The van der Waals surface area contributed by atoms with Crippen molar-refractivity contribution >= 4 is 0 Å². The zero-order valence-corrected chi connectivity index (χ0v) is 33.7. The standard InChI is InChI=1S/C46H78O4/c1-7-9-11-13-15-17-19-21-23-25-27-29-31-33-39-35-41(37-43(47-3)45(39)49-5)42-36-40(46(50-6)44(38-42)48-4)34-32-30-28-26-24-22-20-18-16-14-12-10-8-2/h35-38H,7-34H2,1-6H3. The minimum absolute atomic E-state index is 0.794. The Bertz CT molecular complexity index is 1020. The summed E-state index contributed by atoms with van der Waals surface area (Å²) >= 11 is 0. The molecule has 0 N–H and O–H groups in total. The largest absolute Gasteiger partial charge is 0.493 e. The van der Waals surface area contributed by atoms with Crippen LogP contribution in [0.1, 0.15) is 192 Å². The zero-order chi connectivity index (χ0) is 36.1. The van der Waals surface area contributed by atoms with Gasteiger partial charge >= 0.3 is 0 Å². The van der Waals surface area contributed by atoms with E-state index >= 15 is 0 Å². The van der Waals surface area contributed by atoms with Gasteiger partial charge in [0.1, 0.15) is 0 Å². The molecule has 0 saturated heterocycles. The van der Waals surface area contributed by atoms with Gasteiger partial charge in [-0.1, -0.05) is 168 Å². The molecule has 0 spiro atoms. The summed E-state index contributed by atoms with van der Waals surface area (Å²) in [5.41, 5.74) is 4.72. The van der Waals surface area contributed by atoms with E-state index in [4.69, 9.17) is 18.9 Å². The van der Waals surface area contributed by atoms with E-state index < -0.39 is 0 Å². The lowest BCUT2D eigenvalue weighted by molar-refractivity contribution is 0.350. The molecule has 0 unspecified atom stereocenters. The molecule has 0 heterocycles. The molecule has 4 nitrogen and oxygen atoms in total. The van der Waals surface area contributed by atoms with Crippen LogP contribution < -0.4 is 18.9 Å². The van der Waals surface area contributed by atoms with Crippen molar-refractivity contribution < 1.29 is 18.9 Å². The van der Waals surface area contributed by atoms with Gasteiger partial charge in [0.2, 0.25) is 0 Å².